The van der Waals surface area contributed by atoms with E-state index in [2.05, 4.69) is 14.8 Å². The molecule has 0 aliphatic carbocycles. The van der Waals surface area contributed by atoms with Gasteiger partial charge in [0.25, 0.3) is 5.56 Å². The average Bonchev–Trinajstić information content (AvgIpc) is 3.39. The molecule has 2 heterocycles. The molecule has 1 amide bonds. The number of halogens is 4. The van der Waals surface area contributed by atoms with Crippen LogP contribution in [0.2, 0.25) is 10.0 Å². The summed E-state index contributed by atoms with van der Waals surface area (Å²) in [5, 5.41) is 7.05. The Morgan fingerprint density at radius 3 is 2.31 bits per heavy atom. The van der Waals surface area contributed by atoms with Gasteiger partial charge in [0.2, 0.25) is 5.91 Å². The van der Waals surface area contributed by atoms with E-state index in [1.54, 1.807) is 54.6 Å². The number of pyridine rings is 1. The number of alkyl halides is 2. The Morgan fingerprint density at radius 1 is 1.02 bits per heavy atom. The Balaban J connectivity index is 1.68. The molecule has 4 aromatic rings. The number of nitrogens with one attached hydrogen (secondary N) is 1. The molecule has 0 fully saturated rings. The third-order valence-corrected chi connectivity index (χ3v) is 7.46. The Labute approximate surface area is 249 Å². The van der Waals surface area contributed by atoms with Gasteiger partial charge < -0.3 is 9.72 Å². The number of rotatable bonds is 7. The van der Waals surface area contributed by atoms with Crippen LogP contribution >= 0.6 is 23.2 Å². The second-order valence-corrected chi connectivity index (χ2v) is 10.8. The highest BCUT2D eigenvalue weighted by Crippen LogP contribution is 2.38. The van der Waals surface area contributed by atoms with Crippen LogP contribution in [0.5, 0.6) is 0 Å². The normalized spacial score (nSPS) is 15.1. The molecule has 42 heavy (non-hydrogen) atoms. The van der Waals surface area contributed by atoms with Gasteiger partial charge in [-0.05, 0) is 61.4 Å². The van der Waals surface area contributed by atoms with Gasteiger partial charge in [0, 0.05) is 32.9 Å². The quantitative estimate of drug-likeness (QED) is 0.226. The van der Waals surface area contributed by atoms with Crippen LogP contribution in [-0.2, 0) is 14.3 Å². The average molecular weight is 612 g/mol. The number of hydrogen-bond donors (Lipinski definition) is 1. The molecule has 1 aliphatic heterocycles. The second-order valence-electron chi connectivity index (χ2n) is 9.92. The van der Waals surface area contributed by atoms with Gasteiger partial charge in [-0.1, -0.05) is 59.1 Å². The summed E-state index contributed by atoms with van der Waals surface area (Å²) in [4.78, 5) is 41.7. The first-order valence-corrected chi connectivity index (χ1v) is 13.9. The van der Waals surface area contributed by atoms with E-state index in [1.165, 1.54) is 6.92 Å². The fourth-order valence-electron chi connectivity index (χ4n) is 5.01. The second kappa shape index (κ2) is 11.7. The smallest absolute Gasteiger partial charge is 0.377 e. The van der Waals surface area contributed by atoms with Crippen molar-refractivity contribution >= 4 is 51.7 Å². The molecule has 0 bridgehead atoms. The predicted molar refractivity (Wildman–Crippen MR) is 158 cm³/mol. The van der Waals surface area contributed by atoms with Crippen molar-refractivity contribution in [2.24, 2.45) is 5.10 Å². The lowest BCUT2D eigenvalue weighted by Crippen LogP contribution is -2.38. The highest BCUT2D eigenvalue weighted by molar-refractivity contribution is 6.31. The van der Waals surface area contributed by atoms with Gasteiger partial charge in [-0.2, -0.15) is 13.9 Å². The van der Waals surface area contributed by atoms with Crippen LogP contribution in [0.3, 0.4) is 0 Å². The Morgan fingerprint density at radius 2 is 1.67 bits per heavy atom. The first-order valence-electron chi connectivity index (χ1n) is 13.1. The number of carbonyl (C=O) groups is 2. The molecule has 0 saturated heterocycles. The van der Waals surface area contributed by atoms with Crippen molar-refractivity contribution in [3.8, 4) is 11.1 Å². The number of aromatic amines is 1. The highest BCUT2D eigenvalue weighted by Gasteiger charge is 2.46. The van der Waals surface area contributed by atoms with Crippen molar-refractivity contribution in [2.75, 3.05) is 6.61 Å². The van der Waals surface area contributed by atoms with Gasteiger partial charge in [-0.3, -0.25) is 9.59 Å². The molecule has 216 valence electrons. The predicted octanol–water partition coefficient (Wildman–Crippen LogP) is 7.08. The number of H-pyrrole nitrogens is 1. The van der Waals surface area contributed by atoms with Crippen LogP contribution in [0, 0.1) is 6.92 Å². The minimum atomic E-state index is -4.07. The van der Waals surface area contributed by atoms with Crippen molar-refractivity contribution in [1.82, 2.24) is 9.99 Å². The summed E-state index contributed by atoms with van der Waals surface area (Å²) < 4.78 is 33.8. The van der Waals surface area contributed by atoms with E-state index < -0.39 is 35.8 Å². The van der Waals surface area contributed by atoms with Crippen molar-refractivity contribution < 1.29 is 23.1 Å². The third-order valence-electron chi connectivity index (χ3n) is 6.96. The molecule has 3 aromatic carbocycles. The van der Waals surface area contributed by atoms with Gasteiger partial charge in [-0.15, -0.1) is 0 Å². The number of hydrogen-bond acceptors (Lipinski definition) is 5. The lowest BCUT2D eigenvalue weighted by molar-refractivity contribution is -0.175. The summed E-state index contributed by atoms with van der Waals surface area (Å²) in [6.07, 6.45) is -1.41. The minimum absolute atomic E-state index is 0.0410. The number of ether oxygens (including phenoxy) is 1. The van der Waals surface area contributed by atoms with Crippen LogP contribution in [0.4, 0.5) is 8.78 Å². The molecule has 0 radical (unpaired) electrons. The molecular weight excluding hydrogens is 587 g/mol. The maximum atomic E-state index is 14.7. The van der Waals surface area contributed by atoms with Crippen LogP contribution < -0.4 is 5.56 Å². The first-order chi connectivity index (χ1) is 20.0. The summed E-state index contributed by atoms with van der Waals surface area (Å²) in [5.74, 6) is -6.97. The third kappa shape index (κ3) is 5.80. The molecule has 5 rings (SSSR count). The molecule has 1 N–H and O–H groups in total. The number of carbonyl (C=O) groups excluding carboxylic acids is 2. The van der Waals surface area contributed by atoms with Crippen LogP contribution in [0.15, 0.2) is 76.6 Å². The van der Waals surface area contributed by atoms with E-state index in [0.29, 0.717) is 32.3 Å². The number of aromatic nitrogens is 1. The maximum absolute atomic E-state index is 14.7. The van der Waals surface area contributed by atoms with Crippen LogP contribution in [0.25, 0.3) is 22.0 Å². The molecule has 1 aliphatic rings. The number of amides is 1. The van der Waals surface area contributed by atoms with Gasteiger partial charge in [0.15, 0.2) is 0 Å². The highest BCUT2D eigenvalue weighted by atomic mass is 35.5. The fourth-order valence-corrected chi connectivity index (χ4v) is 5.27. The molecule has 1 aromatic heterocycles. The van der Waals surface area contributed by atoms with E-state index in [1.807, 2.05) is 19.1 Å². The van der Waals surface area contributed by atoms with E-state index in [9.17, 15) is 23.2 Å². The summed E-state index contributed by atoms with van der Waals surface area (Å²) in [7, 11) is 0. The largest absolute Gasteiger partial charge is 0.462 e. The van der Waals surface area contributed by atoms with Crippen molar-refractivity contribution in [3.63, 3.8) is 0 Å². The van der Waals surface area contributed by atoms with Gasteiger partial charge in [0.05, 0.1) is 23.9 Å². The zero-order chi connectivity index (χ0) is 30.2. The van der Waals surface area contributed by atoms with Crippen molar-refractivity contribution in [3.05, 3.63) is 104 Å². The standard InChI is InChI=1S/C31H25Cl2F2N3O4/c1-3-42-30(41)31(34,35)16-26(39)38-25(18-5-9-20(32)10-6-18)15-24(37-38)28-27(19-7-11-21(33)12-8-19)22-14-17(2)4-13-23(22)36-29(28)40/h4-14,25H,3,15-16H2,1-2H3,(H,36,40). The first kappa shape index (κ1) is 29.4. The Kier molecular flexibility index (Phi) is 8.17. The SMILES string of the molecule is CCOC(=O)C(F)(F)CC(=O)N1N=C(c2c(-c3ccc(Cl)cc3)c3cc(C)ccc3[nH]c2=O)CC1c1ccc(Cl)cc1. The molecule has 11 heteroatoms. The van der Waals surface area contributed by atoms with Crippen LogP contribution in [-0.4, -0.2) is 40.1 Å². The van der Waals surface area contributed by atoms with Crippen molar-refractivity contribution in [2.45, 2.75) is 38.7 Å². The molecule has 1 atom stereocenters. The molecule has 0 spiro atoms. The van der Waals surface area contributed by atoms with Gasteiger partial charge in [-0.25, -0.2) is 9.80 Å². The fraction of sp³-hybridized carbons (Fsp3) is 0.226. The van der Waals surface area contributed by atoms with E-state index in [0.717, 1.165) is 16.0 Å². The number of esters is 1. The number of aryl methyl sites for hydroxylation is 1. The maximum Gasteiger partial charge on any atom is 0.377 e. The lowest BCUT2D eigenvalue weighted by Gasteiger charge is -2.24. The van der Waals surface area contributed by atoms with E-state index >= 15 is 0 Å². The summed E-state index contributed by atoms with van der Waals surface area (Å²) in [6, 6.07) is 18.2. The number of hydrazone groups is 1. The van der Waals surface area contributed by atoms with E-state index in [4.69, 9.17) is 23.2 Å². The number of fused-ring (bicyclic) bond motifs is 1. The van der Waals surface area contributed by atoms with Crippen molar-refractivity contribution in [1.29, 1.82) is 0 Å². The minimum Gasteiger partial charge on any atom is -0.462 e. The summed E-state index contributed by atoms with van der Waals surface area (Å²) >= 11 is 12.2. The Bertz CT molecular complexity index is 1770. The van der Waals surface area contributed by atoms with Gasteiger partial charge in [0.1, 0.15) is 6.42 Å². The zero-order valence-corrected chi connectivity index (χ0v) is 24.1. The molecule has 0 saturated carbocycles. The molecule has 1 unspecified atom stereocenters. The molecular formula is C31H25Cl2F2N3O4. The zero-order valence-electron chi connectivity index (χ0n) is 22.6. The lowest BCUT2D eigenvalue weighted by atomic mass is 9.90. The number of nitrogens with zero attached hydrogens (tertiary/aromatic N) is 2. The summed E-state index contributed by atoms with van der Waals surface area (Å²) in [6.45, 7) is 3.05. The van der Waals surface area contributed by atoms with Crippen LogP contribution in [0.1, 0.15) is 42.5 Å². The Hall–Kier alpha value is -4.08. The number of benzene rings is 3. The topological polar surface area (TPSA) is 91.8 Å². The summed E-state index contributed by atoms with van der Waals surface area (Å²) in [5.41, 5.74) is 3.30. The van der Waals surface area contributed by atoms with Gasteiger partial charge >= 0.3 is 11.9 Å². The van der Waals surface area contributed by atoms with E-state index in [-0.39, 0.29) is 24.3 Å². The monoisotopic (exact) mass is 611 g/mol. The molecule has 7 nitrogen and oxygen atoms in total.